The third-order valence-corrected chi connectivity index (χ3v) is 6.59. The Kier molecular flexibility index (Phi) is 5.86. The van der Waals surface area contributed by atoms with Crippen molar-refractivity contribution in [1.29, 1.82) is 0 Å². The van der Waals surface area contributed by atoms with Crippen LogP contribution in [0, 0.1) is 6.92 Å². The number of rotatable bonds is 6. The molecule has 3 aromatic heterocycles. The van der Waals surface area contributed by atoms with Crippen molar-refractivity contribution < 1.29 is 9.84 Å². The second-order valence-corrected chi connectivity index (χ2v) is 8.79. The molecule has 0 bridgehead atoms. The quantitative estimate of drug-likeness (QED) is 0.359. The minimum Gasteiger partial charge on any atom is -0.481 e. The number of aromatic nitrogens is 4. The topological polar surface area (TPSA) is 65.1 Å². The molecule has 0 radical (unpaired) electrons. The summed E-state index contributed by atoms with van der Waals surface area (Å²) < 4.78 is 9.50. The average molecular weight is 473 g/mol. The molecule has 34 heavy (non-hydrogen) atoms. The lowest BCUT2D eigenvalue weighted by Gasteiger charge is -2.17. The average Bonchev–Trinajstić information content (AvgIpc) is 3.53. The van der Waals surface area contributed by atoms with E-state index in [4.69, 9.17) is 21.3 Å². The molecular formula is C27H25ClN4O2. The van der Waals surface area contributed by atoms with E-state index in [1.807, 2.05) is 50.6 Å². The number of imidazole rings is 1. The molecule has 0 fully saturated rings. The highest BCUT2D eigenvalue weighted by molar-refractivity contribution is 6.36. The number of halogens is 1. The van der Waals surface area contributed by atoms with Crippen LogP contribution in [0.15, 0.2) is 73.4 Å². The first-order valence-electron chi connectivity index (χ1n) is 11.0. The van der Waals surface area contributed by atoms with E-state index in [9.17, 15) is 5.11 Å². The molecule has 0 aliphatic carbocycles. The van der Waals surface area contributed by atoms with Crippen molar-refractivity contribution in [3.8, 4) is 11.6 Å². The molecule has 1 unspecified atom stereocenters. The zero-order chi connectivity index (χ0) is 23.8. The zero-order valence-corrected chi connectivity index (χ0v) is 20.0. The maximum Gasteiger partial charge on any atom is 0.218 e. The molecule has 3 heterocycles. The number of hydrogen-bond acceptors (Lipinski definition) is 4. The number of aliphatic hydroxyl groups is 1. The van der Waals surface area contributed by atoms with Crippen LogP contribution in [0.5, 0.6) is 5.88 Å². The van der Waals surface area contributed by atoms with Crippen molar-refractivity contribution >= 4 is 22.5 Å². The molecule has 0 amide bonds. The fourth-order valence-electron chi connectivity index (χ4n) is 4.33. The molecule has 0 aliphatic heterocycles. The number of methoxy groups -OCH3 is 1. The van der Waals surface area contributed by atoms with Crippen LogP contribution in [-0.4, -0.2) is 31.3 Å². The predicted molar refractivity (Wildman–Crippen MR) is 134 cm³/mol. The fourth-order valence-corrected chi connectivity index (χ4v) is 4.62. The number of pyridine rings is 1. The van der Waals surface area contributed by atoms with Gasteiger partial charge in [0, 0.05) is 42.5 Å². The summed E-state index contributed by atoms with van der Waals surface area (Å²) in [6.07, 6.45) is 7.12. The van der Waals surface area contributed by atoms with Crippen molar-refractivity contribution in [1.82, 2.24) is 19.1 Å². The van der Waals surface area contributed by atoms with Crippen LogP contribution in [0.4, 0.5) is 0 Å². The summed E-state index contributed by atoms with van der Waals surface area (Å²) in [5.74, 6) is 0.509. The number of aliphatic hydroxyl groups excluding tert-OH is 1. The smallest absolute Gasteiger partial charge is 0.218 e. The van der Waals surface area contributed by atoms with E-state index in [-0.39, 0.29) is 0 Å². The largest absolute Gasteiger partial charge is 0.481 e. The molecule has 0 aliphatic rings. The molecule has 2 aromatic carbocycles. The molecule has 7 heteroatoms. The molecule has 5 aromatic rings. The molecule has 0 saturated heterocycles. The summed E-state index contributed by atoms with van der Waals surface area (Å²) in [5, 5.41) is 12.4. The lowest BCUT2D eigenvalue weighted by atomic mass is 9.98. The van der Waals surface area contributed by atoms with Gasteiger partial charge in [0.15, 0.2) is 0 Å². The molecule has 0 spiro atoms. The van der Waals surface area contributed by atoms with Gasteiger partial charge in [-0.05, 0) is 53.9 Å². The van der Waals surface area contributed by atoms with E-state index in [1.165, 1.54) is 0 Å². The van der Waals surface area contributed by atoms with Gasteiger partial charge in [-0.2, -0.15) is 0 Å². The number of benzene rings is 2. The van der Waals surface area contributed by atoms with Crippen molar-refractivity contribution in [2.24, 2.45) is 7.05 Å². The van der Waals surface area contributed by atoms with Gasteiger partial charge in [-0.1, -0.05) is 29.8 Å². The Morgan fingerprint density at radius 2 is 1.85 bits per heavy atom. The Balaban J connectivity index is 1.56. The normalized spacial score (nSPS) is 12.3. The third kappa shape index (κ3) is 3.95. The van der Waals surface area contributed by atoms with Crippen molar-refractivity contribution in [2.75, 3.05) is 7.11 Å². The number of hydrogen-bond donors (Lipinski definition) is 1. The fraction of sp³-hybridized carbons (Fsp3) is 0.185. The van der Waals surface area contributed by atoms with Crippen molar-refractivity contribution in [2.45, 2.75) is 19.4 Å². The van der Waals surface area contributed by atoms with E-state index in [1.54, 1.807) is 24.2 Å². The molecular weight excluding hydrogens is 448 g/mol. The molecule has 0 saturated carbocycles. The Labute approximate surface area is 203 Å². The van der Waals surface area contributed by atoms with Gasteiger partial charge in [0.05, 0.1) is 35.9 Å². The maximum absolute atomic E-state index is 11.0. The minimum absolute atomic E-state index is 0.509. The molecule has 1 N–H and O–H groups in total. The van der Waals surface area contributed by atoms with Crippen LogP contribution in [0.2, 0.25) is 5.02 Å². The van der Waals surface area contributed by atoms with E-state index < -0.39 is 6.10 Å². The van der Waals surface area contributed by atoms with Gasteiger partial charge in [0.2, 0.25) is 5.88 Å². The van der Waals surface area contributed by atoms with Crippen LogP contribution < -0.4 is 4.74 Å². The van der Waals surface area contributed by atoms with Gasteiger partial charge >= 0.3 is 0 Å². The monoisotopic (exact) mass is 472 g/mol. The van der Waals surface area contributed by atoms with Crippen LogP contribution in [0.25, 0.3) is 16.6 Å². The maximum atomic E-state index is 11.0. The second kappa shape index (κ2) is 8.97. The van der Waals surface area contributed by atoms with Crippen molar-refractivity contribution in [3.05, 3.63) is 106 Å². The summed E-state index contributed by atoms with van der Waals surface area (Å²) in [4.78, 5) is 8.90. The van der Waals surface area contributed by atoms with Crippen LogP contribution in [0.3, 0.4) is 0 Å². The summed E-state index contributed by atoms with van der Waals surface area (Å²) in [6, 6.07) is 16.2. The number of fused-ring (bicyclic) bond motifs is 1. The summed E-state index contributed by atoms with van der Waals surface area (Å²) in [7, 11) is 3.47. The lowest BCUT2D eigenvalue weighted by molar-refractivity contribution is 0.211. The first kappa shape index (κ1) is 22.2. The first-order chi connectivity index (χ1) is 16.5. The Morgan fingerprint density at radius 3 is 2.50 bits per heavy atom. The molecule has 6 nitrogen and oxygen atoms in total. The van der Waals surface area contributed by atoms with E-state index in [0.29, 0.717) is 23.0 Å². The summed E-state index contributed by atoms with van der Waals surface area (Å²) >= 11 is 6.97. The first-order valence-corrected chi connectivity index (χ1v) is 11.4. The molecule has 172 valence electrons. The summed E-state index contributed by atoms with van der Waals surface area (Å²) in [5.41, 5.74) is 6.12. The van der Waals surface area contributed by atoms with Crippen LogP contribution >= 0.6 is 11.6 Å². The number of nitrogens with zero attached hydrogens (tertiary/aromatic N) is 4. The lowest BCUT2D eigenvalue weighted by Crippen LogP contribution is -2.06. The van der Waals surface area contributed by atoms with Gasteiger partial charge in [-0.3, -0.25) is 0 Å². The predicted octanol–water partition coefficient (Wildman–Crippen LogP) is 5.40. The highest BCUT2D eigenvalue weighted by Gasteiger charge is 2.20. The SMILES string of the molecule is COc1nc2c(C)cc(C(O)c3cncn3C)cc2c(Cl)c1Cc1ccc(-n2cccc2)cc1. The van der Waals surface area contributed by atoms with Crippen LogP contribution in [0.1, 0.15) is 34.1 Å². The van der Waals surface area contributed by atoms with E-state index >= 15 is 0 Å². The number of aryl methyl sites for hydroxylation is 2. The molecule has 1 atom stereocenters. The van der Waals surface area contributed by atoms with Gasteiger partial charge in [-0.25, -0.2) is 9.97 Å². The molecule has 5 rings (SSSR count). The standard InChI is InChI=1S/C27H25ClN4O2/c1-17-12-19(26(33)23-15-29-16-31(23)2)14-21-24(28)22(27(34-3)30-25(17)21)13-18-6-8-20(9-7-18)32-10-4-5-11-32/h4-12,14-16,26,33H,13H2,1-3H3. The number of ether oxygens (including phenoxy) is 1. The third-order valence-electron chi connectivity index (χ3n) is 6.16. The zero-order valence-electron chi connectivity index (χ0n) is 19.2. The Hall–Kier alpha value is -3.61. The second-order valence-electron chi connectivity index (χ2n) is 8.41. The van der Waals surface area contributed by atoms with Crippen LogP contribution in [-0.2, 0) is 13.5 Å². The Morgan fingerprint density at radius 1 is 1.12 bits per heavy atom. The van der Waals surface area contributed by atoms with Crippen molar-refractivity contribution in [3.63, 3.8) is 0 Å². The summed E-state index contributed by atoms with van der Waals surface area (Å²) in [6.45, 7) is 1.96. The van der Waals surface area contributed by atoms with Gasteiger partial charge in [-0.15, -0.1) is 0 Å². The van der Waals surface area contributed by atoms with E-state index in [0.717, 1.165) is 38.8 Å². The Bertz CT molecular complexity index is 1460. The minimum atomic E-state index is -0.821. The van der Waals surface area contributed by atoms with Gasteiger partial charge in [0.25, 0.3) is 0 Å². The van der Waals surface area contributed by atoms with Gasteiger partial charge in [0.1, 0.15) is 6.10 Å². The van der Waals surface area contributed by atoms with Gasteiger partial charge < -0.3 is 19.0 Å². The van der Waals surface area contributed by atoms with E-state index in [2.05, 4.69) is 33.8 Å². The highest BCUT2D eigenvalue weighted by atomic mass is 35.5. The highest BCUT2D eigenvalue weighted by Crippen LogP contribution is 2.37.